The Morgan fingerprint density at radius 3 is 2.83 bits per heavy atom. The highest BCUT2D eigenvalue weighted by molar-refractivity contribution is 7.11. The van der Waals surface area contributed by atoms with Gasteiger partial charge in [0.15, 0.2) is 5.78 Å². The normalized spacial score (nSPS) is 18.0. The summed E-state index contributed by atoms with van der Waals surface area (Å²) >= 11 is 1.34. The van der Waals surface area contributed by atoms with Gasteiger partial charge in [0.1, 0.15) is 4.88 Å². The van der Waals surface area contributed by atoms with E-state index in [-0.39, 0.29) is 24.2 Å². The Bertz CT molecular complexity index is 699. The van der Waals surface area contributed by atoms with E-state index in [4.69, 9.17) is 4.74 Å². The van der Waals surface area contributed by atoms with E-state index in [0.29, 0.717) is 30.2 Å². The number of thiazole rings is 1. The van der Waals surface area contributed by atoms with Crippen molar-refractivity contribution >= 4 is 23.0 Å². The largest absolute Gasteiger partial charge is 0.377 e. The zero-order valence-corrected chi connectivity index (χ0v) is 13.7. The molecule has 1 saturated heterocycles. The molecule has 1 aliphatic rings. The number of hydrogen-bond donors (Lipinski definition) is 0. The third-order valence-corrected chi connectivity index (χ3v) is 4.86. The first-order valence-corrected chi connectivity index (χ1v) is 8.42. The molecule has 5 nitrogen and oxygen atoms in total. The number of Topliss-reactive ketones (excluding diaryl/α,β-unsaturated/α-hetero) is 1. The smallest absolute Gasteiger partial charge is 0.266 e. The van der Waals surface area contributed by atoms with Crippen molar-refractivity contribution in [2.45, 2.75) is 19.4 Å². The van der Waals surface area contributed by atoms with E-state index in [1.165, 1.54) is 11.3 Å². The summed E-state index contributed by atoms with van der Waals surface area (Å²) in [6, 6.07) is 8.92. The molecule has 0 saturated carbocycles. The van der Waals surface area contributed by atoms with E-state index in [1.807, 2.05) is 25.1 Å². The quantitative estimate of drug-likeness (QED) is 0.809. The van der Waals surface area contributed by atoms with Crippen molar-refractivity contribution < 1.29 is 14.3 Å². The zero-order chi connectivity index (χ0) is 16.2. The lowest BCUT2D eigenvalue weighted by Gasteiger charge is -2.35. The second-order valence-electron chi connectivity index (χ2n) is 5.49. The summed E-state index contributed by atoms with van der Waals surface area (Å²) in [5.41, 5.74) is 3.08. The van der Waals surface area contributed by atoms with Gasteiger partial charge in [-0.2, -0.15) is 0 Å². The fraction of sp³-hybridized carbons (Fsp3) is 0.353. The molecule has 23 heavy (non-hydrogen) atoms. The van der Waals surface area contributed by atoms with Gasteiger partial charge in [-0.1, -0.05) is 30.3 Å². The van der Waals surface area contributed by atoms with Crippen molar-refractivity contribution in [3.05, 3.63) is 52.0 Å². The lowest BCUT2D eigenvalue weighted by atomic mass is 10.0. The second kappa shape index (κ2) is 7.02. The summed E-state index contributed by atoms with van der Waals surface area (Å²) in [4.78, 5) is 31.7. The highest BCUT2D eigenvalue weighted by atomic mass is 32.1. The SMILES string of the molecule is Cc1ncsc1C(=O)N1CCOC[C@H]1CC(=O)c1ccccc1. The van der Waals surface area contributed by atoms with E-state index < -0.39 is 0 Å². The van der Waals surface area contributed by atoms with Crippen LogP contribution in [0.25, 0.3) is 0 Å². The van der Waals surface area contributed by atoms with E-state index in [1.54, 1.807) is 22.5 Å². The average molecular weight is 330 g/mol. The summed E-state index contributed by atoms with van der Waals surface area (Å²) in [5, 5.41) is 0. The number of ketones is 1. The first-order valence-electron chi connectivity index (χ1n) is 7.54. The molecule has 120 valence electrons. The fourth-order valence-corrected chi connectivity index (χ4v) is 3.44. The van der Waals surface area contributed by atoms with Gasteiger partial charge in [-0.25, -0.2) is 4.98 Å². The Morgan fingerprint density at radius 2 is 2.13 bits per heavy atom. The Kier molecular flexibility index (Phi) is 4.83. The number of aromatic nitrogens is 1. The van der Waals surface area contributed by atoms with Crippen LogP contribution in [0.2, 0.25) is 0 Å². The first kappa shape index (κ1) is 15.8. The van der Waals surface area contributed by atoms with Crippen LogP contribution in [0, 0.1) is 6.92 Å². The fourth-order valence-electron chi connectivity index (χ4n) is 2.68. The van der Waals surface area contributed by atoms with E-state index in [9.17, 15) is 9.59 Å². The number of aryl methyl sites for hydroxylation is 1. The predicted molar refractivity (Wildman–Crippen MR) is 87.9 cm³/mol. The lowest BCUT2D eigenvalue weighted by Crippen LogP contribution is -2.49. The summed E-state index contributed by atoms with van der Waals surface area (Å²) in [6.07, 6.45) is 0.271. The maximum Gasteiger partial charge on any atom is 0.266 e. The van der Waals surface area contributed by atoms with Gasteiger partial charge in [0.05, 0.1) is 30.5 Å². The van der Waals surface area contributed by atoms with Crippen LogP contribution in [0.3, 0.4) is 0 Å². The van der Waals surface area contributed by atoms with Crippen molar-refractivity contribution in [1.82, 2.24) is 9.88 Å². The van der Waals surface area contributed by atoms with Crippen LogP contribution in [0.15, 0.2) is 35.8 Å². The minimum Gasteiger partial charge on any atom is -0.377 e. The van der Waals surface area contributed by atoms with Gasteiger partial charge in [-0.15, -0.1) is 11.3 Å². The molecular formula is C17H18N2O3S. The van der Waals surface area contributed by atoms with Crippen LogP contribution in [0.1, 0.15) is 32.1 Å². The topological polar surface area (TPSA) is 59.5 Å². The van der Waals surface area contributed by atoms with Gasteiger partial charge in [-0.3, -0.25) is 9.59 Å². The molecule has 2 aromatic rings. The number of benzene rings is 1. The van der Waals surface area contributed by atoms with Gasteiger partial charge in [0, 0.05) is 18.5 Å². The van der Waals surface area contributed by atoms with Gasteiger partial charge in [-0.05, 0) is 6.92 Å². The number of nitrogens with zero attached hydrogens (tertiary/aromatic N) is 2. The number of ether oxygens (including phenoxy) is 1. The number of hydrogen-bond acceptors (Lipinski definition) is 5. The van der Waals surface area contributed by atoms with Crippen molar-refractivity contribution in [3.8, 4) is 0 Å². The molecule has 1 aromatic heterocycles. The summed E-state index contributed by atoms with van der Waals surface area (Å²) in [5.74, 6) is -0.0286. The van der Waals surface area contributed by atoms with Crippen LogP contribution in [0.4, 0.5) is 0 Å². The molecule has 0 radical (unpaired) electrons. The minimum atomic E-state index is -0.231. The third kappa shape index (κ3) is 3.48. The molecule has 1 atom stereocenters. The molecule has 1 fully saturated rings. The highest BCUT2D eigenvalue weighted by Gasteiger charge is 2.31. The van der Waals surface area contributed by atoms with Gasteiger partial charge in [0.2, 0.25) is 0 Å². The number of carbonyl (C=O) groups excluding carboxylic acids is 2. The molecule has 0 bridgehead atoms. The summed E-state index contributed by atoms with van der Waals surface area (Å²) < 4.78 is 5.49. The van der Waals surface area contributed by atoms with E-state index in [0.717, 1.165) is 5.69 Å². The predicted octanol–water partition coefficient (Wildman–Crippen LogP) is 2.57. The highest BCUT2D eigenvalue weighted by Crippen LogP contribution is 2.21. The second-order valence-corrected chi connectivity index (χ2v) is 6.34. The van der Waals surface area contributed by atoms with E-state index >= 15 is 0 Å². The number of rotatable bonds is 4. The Morgan fingerprint density at radius 1 is 1.35 bits per heavy atom. The maximum absolute atomic E-state index is 12.7. The van der Waals surface area contributed by atoms with E-state index in [2.05, 4.69) is 4.98 Å². The van der Waals surface area contributed by atoms with Gasteiger partial charge >= 0.3 is 0 Å². The number of carbonyl (C=O) groups is 2. The van der Waals surface area contributed by atoms with Gasteiger partial charge in [0.25, 0.3) is 5.91 Å². The monoisotopic (exact) mass is 330 g/mol. The Balaban J connectivity index is 1.75. The third-order valence-electron chi connectivity index (χ3n) is 3.94. The minimum absolute atomic E-state index is 0.0277. The molecule has 0 aliphatic carbocycles. The molecule has 0 spiro atoms. The Labute approximate surface area is 138 Å². The molecular weight excluding hydrogens is 312 g/mol. The van der Waals surface area contributed by atoms with Crippen LogP contribution < -0.4 is 0 Å². The van der Waals surface area contributed by atoms with Gasteiger partial charge < -0.3 is 9.64 Å². The van der Waals surface area contributed by atoms with Crippen molar-refractivity contribution in [2.75, 3.05) is 19.8 Å². The first-order chi connectivity index (χ1) is 11.2. The molecule has 1 aromatic carbocycles. The summed E-state index contributed by atoms with van der Waals surface area (Å²) in [6.45, 7) is 3.22. The van der Waals surface area contributed by atoms with Crippen molar-refractivity contribution in [1.29, 1.82) is 0 Å². The molecule has 6 heteroatoms. The molecule has 1 amide bonds. The number of amides is 1. The molecule has 0 N–H and O–H groups in total. The Hall–Kier alpha value is -2.05. The lowest BCUT2D eigenvalue weighted by molar-refractivity contribution is -0.00260. The zero-order valence-electron chi connectivity index (χ0n) is 12.9. The average Bonchev–Trinajstić information content (AvgIpc) is 3.01. The van der Waals surface area contributed by atoms with Crippen LogP contribution in [0.5, 0.6) is 0 Å². The molecule has 2 heterocycles. The molecule has 1 aliphatic heterocycles. The van der Waals surface area contributed by atoms with Crippen LogP contribution >= 0.6 is 11.3 Å². The van der Waals surface area contributed by atoms with Crippen molar-refractivity contribution in [2.24, 2.45) is 0 Å². The molecule has 0 unspecified atom stereocenters. The standard InChI is InChI=1S/C17H18N2O3S/c1-12-16(23-11-18-12)17(21)19-7-8-22-10-14(19)9-15(20)13-5-3-2-4-6-13/h2-6,11,14H,7-10H2,1H3/t14-/m1/s1. The van der Waals surface area contributed by atoms with Crippen LogP contribution in [-0.2, 0) is 4.74 Å². The van der Waals surface area contributed by atoms with Crippen molar-refractivity contribution in [3.63, 3.8) is 0 Å². The maximum atomic E-state index is 12.7. The molecule has 3 rings (SSSR count). The summed E-state index contributed by atoms with van der Waals surface area (Å²) in [7, 11) is 0. The van der Waals surface area contributed by atoms with Crippen LogP contribution in [-0.4, -0.2) is 47.4 Å². The number of morpholine rings is 1.